The van der Waals surface area contributed by atoms with Crippen molar-refractivity contribution in [3.8, 4) is 0 Å². The van der Waals surface area contributed by atoms with E-state index in [1.54, 1.807) is 23.2 Å². The number of hydrogen-bond donors (Lipinski definition) is 0. The van der Waals surface area contributed by atoms with Gasteiger partial charge in [-0.25, -0.2) is 4.98 Å². The summed E-state index contributed by atoms with van der Waals surface area (Å²) in [5.74, 6) is 0.0486. The molecule has 0 bridgehead atoms. The zero-order chi connectivity index (χ0) is 10.7. The van der Waals surface area contributed by atoms with E-state index < -0.39 is 0 Å². The van der Waals surface area contributed by atoms with E-state index >= 15 is 0 Å². The van der Waals surface area contributed by atoms with Crippen molar-refractivity contribution in [2.24, 2.45) is 7.05 Å². The molecule has 0 aliphatic heterocycles. The molecule has 0 radical (unpaired) electrons. The molecule has 15 heavy (non-hydrogen) atoms. The summed E-state index contributed by atoms with van der Waals surface area (Å²) in [6, 6.07) is 0. The topological polar surface area (TPSA) is 34.9 Å². The molecule has 1 saturated carbocycles. The number of rotatable bonds is 2. The quantitative estimate of drug-likeness (QED) is 0.548. The highest BCUT2D eigenvalue weighted by Crippen LogP contribution is 2.22. The number of imidazole rings is 1. The monoisotopic (exact) mass is 204 g/mol. The van der Waals surface area contributed by atoms with Crippen LogP contribution in [0.4, 0.5) is 0 Å². The van der Waals surface area contributed by atoms with E-state index in [-0.39, 0.29) is 5.78 Å². The lowest BCUT2D eigenvalue weighted by Crippen LogP contribution is -2.00. The van der Waals surface area contributed by atoms with Gasteiger partial charge in [0.05, 0.1) is 6.33 Å². The predicted molar refractivity (Wildman–Crippen MR) is 58.7 cm³/mol. The average molecular weight is 204 g/mol. The first-order chi connectivity index (χ1) is 7.25. The van der Waals surface area contributed by atoms with Gasteiger partial charge in [-0.05, 0) is 31.8 Å². The number of carbonyl (C=O) groups excluding carboxylic acids is 1. The van der Waals surface area contributed by atoms with Crippen molar-refractivity contribution in [3.63, 3.8) is 0 Å². The largest absolute Gasteiger partial charge is 0.340 e. The number of hydrogen-bond acceptors (Lipinski definition) is 2. The second-order valence-electron chi connectivity index (χ2n) is 4.15. The minimum Gasteiger partial charge on any atom is -0.340 e. The maximum Gasteiger partial charge on any atom is 0.205 e. The van der Waals surface area contributed by atoms with Crippen molar-refractivity contribution in [1.29, 1.82) is 0 Å². The van der Waals surface area contributed by atoms with Gasteiger partial charge in [0, 0.05) is 13.2 Å². The maximum absolute atomic E-state index is 11.8. The van der Waals surface area contributed by atoms with E-state index in [0.717, 1.165) is 12.8 Å². The zero-order valence-electron chi connectivity index (χ0n) is 9.07. The molecule has 0 spiro atoms. The summed E-state index contributed by atoms with van der Waals surface area (Å²) in [6.45, 7) is 0. The number of allylic oxidation sites excluding steroid dienone is 2. The van der Waals surface area contributed by atoms with Crippen LogP contribution in [-0.2, 0) is 7.05 Å². The number of carbonyl (C=O) groups is 1. The van der Waals surface area contributed by atoms with E-state index in [1.165, 1.54) is 24.8 Å². The zero-order valence-corrected chi connectivity index (χ0v) is 9.07. The van der Waals surface area contributed by atoms with Crippen LogP contribution < -0.4 is 0 Å². The third kappa shape index (κ3) is 2.55. The molecule has 1 heterocycles. The molecule has 1 aromatic heterocycles. The van der Waals surface area contributed by atoms with E-state index in [2.05, 4.69) is 4.98 Å². The molecule has 2 rings (SSSR count). The Morgan fingerprint density at radius 2 is 2.13 bits per heavy atom. The highest BCUT2D eigenvalue weighted by atomic mass is 16.1. The van der Waals surface area contributed by atoms with Gasteiger partial charge < -0.3 is 4.57 Å². The van der Waals surface area contributed by atoms with Crippen LogP contribution in [0, 0.1) is 0 Å². The van der Waals surface area contributed by atoms with E-state index in [4.69, 9.17) is 0 Å². The minimum absolute atomic E-state index is 0.0486. The SMILES string of the molecule is Cn1cnc(C(=O)C=C2CCCCC2)c1. The number of aromatic nitrogens is 2. The van der Waals surface area contributed by atoms with Crippen molar-refractivity contribution in [2.75, 3.05) is 0 Å². The van der Waals surface area contributed by atoms with Crippen LogP contribution in [0.5, 0.6) is 0 Å². The van der Waals surface area contributed by atoms with E-state index in [9.17, 15) is 4.79 Å². The molecule has 80 valence electrons. The van der Waals surface area contributed by atoms with Crippen LogP contribution in [0.3, 0.4) is 0 Å². The highest BCUT2D eigenvalue weighted by Gasteiger charge is 2.10. The van der Waals surface area contributed by atoms with Gasteiger partial charge in [-0.1, -0.05) is 12.0 Å². The number of nitrogens with zero attached hydrogens (tertiary/aromatic N) is 2. The lowest BCUT2D eigenvalue weighted by atomic mass is 9.94. The summed E-state index contributed by atoms with van der Waals surface area (Å²) in [6.07, 6.45) is 11.1. The van der Waals surface area contributed by atoms with Gasteiger partial charge in [-0.15, -0.1) is 0 Å². The van der Waals surface area contributed by atoms with Crippen LogP contribution in [0.1, 0.15) is 42.6 Å². The number of ketones is 1. The molecule has 1 aliphatic carbocycles. The van der Waals surface area contributed by atoms with E-state index in [0.29, 0.717) is 5.69 Å². The third-order valence-corrected chi connectivity index (χ3v) is 2.79. The molecule has 0 aromatic carbocycles. The molecule has 0 N–H and O–H groups in total. The summed E-state index contributed by atoms with van der Waals surface area (Å²) in [5, 5.41) is 0. The second-order valence-corrected chi connectivity index (χ2v) is 4.15. The van der Waals surface area contributed by atoms with Crippen molar-refractivity contribution >= 4 is 5.78 Å². The van der Waals surface area contributed by atoms with Gasteiger partial charge in [-0.2, -0.15) is 0 Å². The molecule has 1 aliphatic rings. The molecule has 3 nitrogen and oxygen atoms in total. The Bertz CT molecular complexity index is 382. The molecule has 0 unspecified atom stereocenters. The molecular formula is C12H16N2O. The smallest absolute Gasteiger partial charge is 0.205 e. The van der Waals surface area contributed by atoms with Gasteiger partial charge in [-0.3, -0.25) is 4.79 Å². The fraction of sp³-hybridized carbons (Fsp3) is 0.500. The average Bonchev–Trinajstić information content (AvgIpc) is 2.66. The molecule has 1 aromatic rings. The Morgan fingerprint density at radius 3 is 2.73 bits per heavy atom. The fourth-order valence-corrected chi connectivity index (χ4v) is 1.95. The molecule has 3 heteroatoms. The summed E-state index contributed by atoms with van der Waals surface area (Å²) < 4.78 is 1.80. The normalized spacial score (nSPS) is 16.5. The Kier molecular flexibility index (Phi) is 2.99. The van der Waals surface area contributed by atoms with Crippen molar-refractivity contribution in [2.45, 2.75) is 32.1 Å². The van der Waals surface area contributed by atoms with Gasteiger partial charge in [0.1, 0.15) is 5.69 Å². The van der Waals surface area contributed by atoms with E-state index in [1.807, 2.05) is 7.05 Å². The highest BCUT2D eigenvalue weighted by molar-refractivity contribution is 6.03. The van der Waals surface area contributed by atoms with Gasteiger partial charge in [0.25, 0.3) is 0 Å². The molecule has 0 amide bonds. The Hall–Kier alpha value is -1.38. The first kappa shape index (κ1) is 10.1. The molecule has 1 fully saturated rings. The Balaban J connectivity index is 2.08. The van der Waals surface area contributed by atoms with Crippen LogP contribution in [-0.4, -0.2) is 15.3 Å². The standard InChI is InChI=1S/C12H16N2O/c1-14-8-11(13-9-14)12(15)7-10-5-3-2-4-6-10/h7-9H,2-6H2,1H3. The lowest BCUT2D eigenvalue weighted by Gasteiger charge is -2.12. The fourth-order valence-electron chi connectivity index (χ4n) is 1.95. The molecule has 0 atom stereocenters. The Labute approximate surface area is 89.8 Å². The summed E-state index contributed by atoms with van der Waals surface area (Å²) >= 11 is 0. The maximum atomic E-state index is 11.8. The number of aryl methyl sites for hydroxylation is 1. The van der Waals surface area contributed by atoms with Crippen molar-refractivity contribution < 1.29 is 4.79 Å². The van der Waals surface area contributed by atoms with Gasteiger partial charge >= 0.3 is 0 Å². The van der Waals surface area contributed by atoms with Gasteiger partial charge in [0.15, 0.2) is 0 Å². The minimum atomic E-state index is 0.0486. The summed E-state index contributed by atoms with van der Waals surface area (Å²) in [7, 11) is 1.87. The van der Waals surface area contributed by atoms with Crippen LogP contribution in [0.2, 0.25) is 0 Å². The summed E-state index contributed by atoms with van der Waals surface area (Å²) in [5.41, 5.74) is 1.84. The van der Waals surface area contributed by atoms with Crippen molar-refractivity contribution in [1.82, 2.24) is 9.55 Å². The third-order valence-electron chi connectivity index (χ3n) is 2.79. The van der Waals surface area contributed by atoms with Crippen molar-refractivity contribution in [3.05, 3.63) is 29.9 Å². The second kappa shape index (κ2) is 4.43. The van der Waals surface area contributed by atoms with Crippen LogP contribution in [0.15, 0.2) is 24.2 Å². The predicted octanol–water partition coefficient (Wildman–Crippen LogP) is 2.49. The Morgan fingerprint density at radius 1 is 1.40 bits per heavy atom. The van der Waals surface area contributed by atoms with Crippen LogP contribution in [0.25, 0.3) is 0 Å². The van der Waals surface area contributed by atoms with Gasteiger partial charge in [0.2, 0.25) is 5.78 Å². The first-order valence-corrected chi connectivity index (χ1v) is 5.47. The molecular weight excluding hydrogens is 188 g/mol. The first-order valence-electron chi connectivity index (χ1n) is 5.47. The molecule has 0 saturated heterocycles. The summed E-state index contributed by atoms with van der Waals surface area (Å²) in [4.78, 5) is 15.8. The van der Waals surface area contributed by atoms with Crippen LogP contribution >= 0.6 is 0 Å². The lowest BCUT2D eigenvalue weighted by molar-refractivity contribution is 0.104.